The molecule has 0 saturated carbocycles. The van der Waals surface area contributed by atoms with Crippen LogP contribution >= 0.6 is 11.8 Å². The summed E-state index contributed by atoms with van der Waals surface area (Å²) in [6.07, 6.45) is -0.579. The molecule has 2 rings (SSSR count). The number of thioether (sulfide) groups is 1. The molecule has 2 aromatic carbocycles. The molecule has 0 spiro atoms. The van der Waals surface area contributed by atoms with Crippen LogP contribution in [-0.4, -0.2) is 10.9 Å². The van der Waals surface area contributed by atoms with Gasteiger partial charge in [-0.25, -0.2) is 4.39 Å². The van der Waals surface area contributed by atoms with Gasteiger partial charge in [0.15, 0.2) is 0 Å². The third-order valence-corrected chi connectivity index (χ3v) is 4.33. The Kier molecular flexibility index (Phi) is 4.61. The number of benzene rings is 2. The Morgan fingerprint density at radius 2 is 1.84 bits per heavy atom. The number of hydrogen-bond acceptors (Lipinski definition) is 2. The van der Waals surface area contributed by atoms with E-state index in [4.69, 9.17) is 0 Å². The van der Waals surface area contributed by atoms with Crippen LogP contribution in [-0.2, 0) is 0 Å². The first-order chi connectivity index (χ1) is 9.08. The van der Waals surface area contributed by atoms with Crippen molar-refractivity contribution in [3.63, 3.8) is 0 Å². The van der Waals surface area contributed by atoms with E-state index < -0.39 is 6.10 Å². The van der Waals surface area contributed by atoms with Crippen molar-refractivity contribution in [1.29, 1.82) is 0 Å². The summed E-state index contributed by atoms with van der Waals surface area (Å²) < 4.78 is 13.0. The molecule has 0 fully saturated rings. The fourth-order valence-electron chi connectivity index (χ4n) is 1.99. The minimum absolute atomic E-state index is 0.264. The monoisotopic (exact) mass is 276 g/mol. The van der Waals surface area contributed by atoms with Gasteiger partial charge in [-0.1, -0.05) is 24.3 Å². The maximum absolute atomic E-state index is 13.0. The van der Waals surface area contributed by atoms with Crippen LogP contribution in [0.2, 0.25) is 0 Å². The zero-order valence-electron chi connectivity index (χ0n) is 11.1. The Morgan fingerprint density at radius 1 is 1.11 bits per heavy atom. The van der Waals surface area contributed by atoms with Gasteiger partial charge in [0.1, 0.15) is 5.82 Å². The zero-order valence-corrected chi connectivity index (χ0v) is 11.9. The third-order valence-electron chi connectivity index (χ3n) is 3.08. The predicted octanol–water partition coefficient (Wildman–Crippen LogP) is 4.27. The number of aliphatic hydroxyl groups is 1. The maximum atomic E-state index is 13.0. The van der Waals surface area contributed by atoms with E-state index in [9.17, 15) is 9.50 Å². The third kappa shape index (κ3) is 3.58. The molecule has 0 radical (unpaired) electrons. The van der Waals surface area contributed by atoms with Crippen LogP contribution in [0.3, 0.4) is 0 Å². The minimum Gasteiger partial charge on any atom is -0.388 e. The molecule has 0 amide bonds. The topological polar surface area (TPSA) is 20.2 Å². The number of hydrogen-bond donors (Lipinski definition) is 1. The van der Waals surface area contributed by atoms with Crippen molar-refractivity contribution in [3.8, 4) is 0 Å². The summed E-state index contributed by atoms with van der Waals surface area (Å²) in [6, 6.07) is 12.6. The molecule has 1 unspecified atom stereocenters. The Bertz CT molecular complexity index is 568. The van der Waals surface area contributed by atoms with E-state index in [-0.39, 0.29) is 5.82 Å². The van der Waals surface area contributed by atoms with Crippen LogP contribution in [0.15, 0.2) is 47.4 Å². The van der Waals surface area contributed by atoms with Gasteiger partial charge in [0.25, 0.3) is 0 Å². The summed E-state index contributed by atoms with van der Waals surface area (Å²) in [5.74, 6) is 0.303. The summed E-state index contributed by atoms with van der Waals surface area (Å²) in [4.78, 5) is 1.17. The van der Waals surface area contributed by atoms with Crippen LogP contribution in [0.4, 0.5) is 4.39 Å². The highest BCUT2D eigenvalue weighted by Gasteiger charge is 2.12. The van der Waals surface area contributed by atoms with Crippen molar-refractivity contribution in [1.82, 2.24) is 0 Å². The molecule has 2 aromatic rings. The lowest BCUT2D eigenvalue weighted by Gasteiger charge is -2.14. The summed E-state index contributed by atoms with van der Waals surface area (Å²) in [5, 5.41) is 10.2. The standard InChI is InChI=1S/C16H17FOS/c1-11-5-3-4-6-16(11)19-10-15(18)14-8-7-13(17)9-12(14)2/h3-9,15,18H,10H2,1-2H3. The van der Waals surface area contributed by atoms with Crippen LogP contribution in [0.25, 0.3) is 0 Å². The molecule has 1 nitrogen and oxygen atoms in total. The highest BCUT2D eigenvalue weighted by molar-refractivity contribution is 7.99. The molecule has 0 aliphatic rings. The lowest BCUT2D eigenvalue weighted by Crippen LogP contribution is -2.03. The van der Waals surface area contributed by atoms with Gasteiger partial charge in [-0.15, -0.1) is 11.8 Å². The van der Waals surface area contributed by atoms with Crippen molar-refractivity contribution in [2.24, 2.45) is 0 Å². The lowest BCUT2D eigenvalue weighted by molar-refractivity contribution is 0.203. The normalized spacial score (nSPS) is 12.4. The second-order valence-electron chi connectivity index (χ2n) is 4.59. The number of aliphatic hydroxyl groups excluding tert-OH is 1. The summed E-state index contributed by atoms with van der Waals surface area (Å²) in [6.45, 7) is 3.87. The van der Waals surface area contributed by atoms with Crippen LogP contribution in [0.1, 0.15) is 22.8 Å². The molecule has 100 valence electrons. The van der Waals surface area contributed by atoms with Crippen LogP contribution in [0.5, 0.6) is 0 Å². The highest BCUT2D eigenvalue weighted by Crippen LogP contribution is 2.28. The number of rotatable bonds is 4. The first kappa shape index (κ1) is 14.1. The molecular weight excluding hydrogens is 259 g/mol. The van der Waals surface area contributed by atoms with E-state index in [2.05, 4.69) is 13.0 Å². The number of aryl methyl sites for hydroxylation is 2. The van der Waals surface area contributed by atoms with E-state index in [0.29, 0.717) is 5.75 Å². The lowest BCUT2D eigenvalue weighted by atomic mass is 10.0. The Morgan fingerprint density at radius 3 is 2.53 bits per heavy atom. The number of halogens is 1. The molecule has 0 heterocycles. The van der Waals surface area contributed by atoms with Gasteiger partial charge < -0.3 is 5.11 Å². The molecule has 3 heteroatoms. The first-order valence-corrected chi connectivity index (χ1v) is 7.19. The Labute approximate surface area is 117 Å². The second-order valence-corrected chi connectivity index (χ2v) is 5.66. The van der Waals surface area contributed by atoms with E-state index >= 15 is 0 Å². The fourth-order valence-corrected chi connectivity index (χ4v) is 2.98. The second kappa shape index (κ2) is 6.22. The fraction of sp³-hybridized carbons (Fsp3) is 0.250. The summed E-state index contributed by atoms with van der Waals surface area (Å²) in [5.41, 5.74) is 2.79. The van der Waals surface area contributed by atoms with Gasteiger partial charge in [0, 0.05) is 10.6 Å². The molecule has 1 N–H and O–H groups in total. The van der Waals surface area contributed by atoms with Crippen molar-refractivity contribution in [3.05, 3.63) is 65.0 Å². The van der Waals surface area contributed by atoms with Gasteiger partial charge in [-0.2, -0.15) is 0 Å². The maximum Gasteiger partial charge on any atom is 0.123 e. The zero-order chi connectivity index (χ0) is 13.8. The molecule has 0 aliphatic carbocycles. The largest absolute Gasteiger partial charge is 0.388 e. The summed E-state index contributed by atoms with van der Waals surface area (Å²) in [7, 11) is 0. The van der Waals surface area contributed by atoms with Crippen molar-refractivity contribution >= 4 is 11.8 Å². The Hall–Kier alpha value is -1.32. The van der Waals surface area contributed by atoms with E-state index in [1.807, 2.05) is 25.1 Å². The first-order valence-electron chi connectivity index (χ1n) is 6.20. The van der Waals surface area contributed by atoms with Crippen LogP contribution in [0, 0.1) is 19.7 Å². The van der Waals surface area contributed by atoms with E-state index in [1.165, 1.54) is 22.6 Å². The smallest absolute Gasteiger partial charge is 0.123 e. The minimum atomic E-state index is -0.579. The summed E-state index contributed by atoms with van der Waals surface area (Å²) >= 11 is 1.62. The quantitative estimate of drug-likeness (QED) is 0.842. The SMILES string of the molecule is Cc1ccccc1SCC(O)c1ccc(F)cc1C. The van der Waals surface area contributed by atoms with Gasteiger partial charge >= 0.3 is 0 Å². The van der Waals surface area contributed by atoms with Crippen molar-refractivity contribution < 1.29 is 9.50 Å². The Balaban J connectivity index is 2.05. The molecule has 0 aliphatic heterocycles. The van der Waals surface area contributed by atoms with Gasteiger partial charge in [-0.05, 0) is 48.7 Å². The highest BCUT2D eigenvalue weighted by atomic mass is 32.2. The molecule has 0 saturated heterocycles. The molecule has 1 atom stereocenters. The van der Waals surface area contributed by atoms with Crippen molar-refractivity contribution in [2.75, 3.05) is 5.75 Å². The van der Waals surface area contributed by atoms with Crippen LogP contribution < -0.4 is 0 Å². The van der Waals surface area contributed by atoms with Gasteiger partial charge in [-0.3, -0.25) is 0 Å². The molecular formula is C16H17FOS. The molecule has 0 bridgehead atoms. The average molecular weight is 276 g/mol. The van der Waals surface area contributed by atoms with E-state index in [1.54, 1.807) is 17.8 Å². The van der Waals surface area contributed by atoms with Crippen molar-refractivity contribution in [2.45, 2.75) is 24.8 Å². The van der Waals surface area contributed by atoms with E-state index in [0.717, 1.165) is 11.1 Å². The molecule has 19 heavy (non-hydrogen) atoms. The average Bonchev–Trinajstić information content (AvgIpc) is 2.37. The predicted molar refractivity (Wildman–Crippen MR) is 78.0 cm³/mol. The molecule has 0 aromatic heterocycles. The van der Waals surface area contributed by atoms with Gasteiger partial charge in [0.05, 0.1) is 6.10 Å². The van der Waals surface area contributed by atoms with Gasteiger partial charge in [0.2, 0.25) is 0 Å².